The van der Waals surface area contributed by atoms with E-state index in [1.807, 2.05) is 13.8 Å². The lowest BCUT2D eigenvalue weighted by Crippen LogP contribution is -2.58. The Bertz CT molecular complexity index is 1690. The van der Waals surface area contributed by atoms with Gasteiger partial charge in [0.05, 0.1) is 25.5 Å². The van der Waals surface area contributed by atoms with Gasteiger partial charge in [0, 0.05) is 48.3 Å². The van der Waals surface area contributed by atoms with Crippen molar-refractivity contribution in [2.45, 2.75) is 83.6 Å². The van der Waals surface area contributed by atoms with Crippen LogP contribution in [0.1, 0.15) is 63.0 Å². The summed E-state index contributed by atoms with van der Waals surface area (Å²) < 4.78 is 0. The minimum atomic E-state index is -1.57. The molecule has 13 N–H and O–H groups in total. The van der Waals surface area contributed by atoms with Gasteiger partial charge >= 0.3 is 0 Å². The van der Waals surface area contributed by atoms with Crippen molar-refractivity contribution in [3.05, 3.63) is 48.0 Å². The standard InChI is InChI=1S/C36H55N11O9S/c1-19(2)13-25(31(39)51)45-32(52)21-5-7-23(8-6-21)47(11-12-57)36(56)26(14-22-15-40-18-42-22)46-34(54)27(17-48)43-29(50)16-41-33(53)24(9-10-28(37)49)44-35(55)30(38)20(3)4/h5-8,15,18-20,24-27,30,48,57H,9-14,16-17,38H2,1-4H3,(H2,37,49)(H2,39,51)(H,40,42)(H,41,53)(H,43,50)(H,44,55)(H,45,52)(H,46,54)/t24-,25-,26-,27-,30-/m0/s1. The zero-order chi connectivity index (χ0) is 42.8. The number of nitrogens with two attached hydrogens (primary N) is 3. The zero-order valence-corrected chi connectivity index (χ0v) is 33.3. The maximum Gasteiger partial charge on any atom is 0.251 e. The van der Waals surface area contributed by atoms with Crippen LogP contribution in [-0.4, -0.2) is 118 Å². The number of amides is 8. The van der Waals surface area contributed by atoms with Crippen LogP contribution in [-0.2, 0) is 40.0 Å². The summed E-state index contributed by atoms with van der Waals surface area (Å²) in [5.41, 5.74) is 17.6. The Morgan fingerprint density at radius 2 is 1.51 bits per heavy atom. The SMILES string of the molecule is CC(C)C[C@H](NC(=O)c1ccc(N(CCS)C(=O)[C@H](Cc2cnc[nH]2)NC(=O)[C@H](CO)NC(=O)CNC(=O)[C@H](CCC(N)=O)NC(=O)[C@@H](N)C(C)C)cc1)C(N)=O. The van der Waals surface area contributed by atoms with Crippen LogP contribution >= 0.6 is 12.6 Å². The molecule has 57 heavy (non-hydrogen) atoms. The Kier molecular flexibility index (Phi) is 19.6. The minimum absolute atomic E-state index is 0.0745. The molecule has 1 aromatic carbocycles. The molecular formula is C36H55N11O9S. The second kappa shape index (κ2) is 23.5. The molecule has 0 saturated carbocycles. The number of H-pyrrole nitrogens is 1. The highest BCUT2D eigenvalue weighted by Gasteiger charge is 2.32. The predicted octanol–water partition coefficient (Wildman–Crippen LogP) is -2.64. The molecular weight excluding hydrogens is 763 g/mol. The number of hydrogen-bond donors (Lipinski definition) is 11. The van der Waals surface area contributed by atoms with Crippen LogP contribution in [0.2, 0.25) is 0 Å². The van der Waals surface area contributed by atoms with Crippen molar-refractivity contribution in [1.29, 1.82) is 0 Å². The van der Waals surface area contributed by atoms with E-state index in [0.717, 1.165) is 0 Å². The summed E-state index contributed by atoms with van der Waals surface area (Å²) >= 11 is 4.29. The highest BCUT2D eigenvalue weighted by molar-refractivity contribution is 7.80. The molecule has 0 aliphatic carbocycles. The fourth-order valence-corrected chi connectivity index (χ4v) is 5.55. The van der Waals surface area contributed by atoms with E-state index in [1.165, 1.54) is 41.7 Å². The first-order chi connectivity index (χ1) is 26.9. The number of thiol groups is 1. The summed E-state index contributed by atoms with van der Waals surface area (Å²) in [6.45, 7) is 5.68. The number of aliphatic hydroxyl groups excluding tert-OH is 1. The molecule has 0 radical (unpaired) electrons. The normalized spacial score (nSPS) is 13.7. The van der Waals surface area contributed by atoms with Crippen LogP contribution in [0, 0.1) is 11.8 Å². The summed E-state index contributed by atoms with van der Waals surface area (Å²) in [6.07, 6.45) is 2.67. The van der Waals surface area contributed by atoms with Gasteiger partial charge in [-0.15, -0.1) is 0 Å². The van der Waals surface area contributed by atoms with Crippen LogP contribution in [0.3, 0.4) is 0 Å². The van der Waals surface area contributed by atoms with Crippen molar-refractivity contribution < 1.29 is 43.5 Å². The number of imidazole rings is 1. The average molecular weight is 818 g/mol. The summed E-state index contributed by atoms with van der Waals surface area (Å²) in [7, 11) is 0. The van der Waals surface area contributed by atoms with Crippen LogP contribution in [0.5, 0.6) is 0 Å². The maximum absolute atomic E-state index is 14.1. The summed E-state index contributed by atoms with van der Waals surface area (Å²) in [5, 5.41) is 22.3. The Morgan fingerprint density at radius 1 is 0.860 bits per heavy atom. The number of aromatic amines is 1. The van der Waals surface area contributed by atoms with Gasteiger partial charge in [0.25, 0.3) is 5.91 Å². The van der Waals surface area contributed by atoms with E-state index >= 15 is 0 Å². The van der Waals surface area contributed by atoms with Crippen molar-refractivity contribution in [1.82, 2.24) is 36.6 Å². The average Bonchev–Trinajstić information content (AvgIpc) is 3.68. The van der Waals surface area contributed by atoms with E-state index < -0.39 is 90.6 Å². The molecule has 21 heteroatoms. The van der Waals surface area contributed by atoms with Gasteiger partial charge in [0.1, 0.15) is 24.2 Å². The predicted molar refractivity (Wildman–Crippen MR) is 212 cm³/mol. The van der Waals surface area contributed by atoms with E-state index in [4.69, 9.17) is 17.2 Å². The number of anilines is 1. The number of carbonyl (C=O) groups excluding carboxylic acids is 8. The molecule has 2 aromatic rings. The Balaban J connectivity index is 2.21. The molecule has 0 aliphatic heterocycles. The number of hydrogen-bond acceptors (Lipinski definition) is 12. The van der Waals surface area contributed by atoms with Crippen molar-refractivity contribution in [3.63, 3.8) is 0 Å². The Hall–Kier alpha value is -5.54. The molecule has 8 amide bonds. The molecule has 1 aromatic heterocycles. The molecule has 0 saturated heterocycles. The van der Waals surface area contributed by atoms with Gasteiger partial charge in [-0.25, -0.2) is 4.98 Å². The molecule has 20 nitrogen and oxygen atoms in total. The third-order valence-electron chi connectivity index (χ3n) is 8.57. The van der Waals surface area contributed by atoms with Gasteiger partial charge in [-0.05, 0) is 48.9 Å². The second-order valence-corrected chi connectivity index (χ2v) is 14.5. The largest absolute Gasteiger partial charge is 0.394 e. The van der Waals surface area contributed by atoms with Gasteiger partial charge in [-0.3, -0.25) is 38.4 Å². The summed E-state index contributed by atoms with van der Waals surface area (Å²) in [4.78, 5) is 110. The zero-order valence-electron chi connectivity index (χ0n) is 32.4. The van der Waals surface area contributed by atoms with Gasteiger partial charge in [-0.1, -0.05) is 27.7 Å². The summed E-state index contributed by atoms with van der Waals surface area (Å²) in [6, 6.07) is 0.0220. The summed E-state index contributed by atoms with van der Waals surface area (Å²) in [5.74, 6) is -5.83. The molecule has 2 rings (SSSR count). The monoisotopic (exact) mass is 817 g/mol. The first-order valence-electron chi connectivity index (χ1n) is 18.3. The van der Waals surface area contributed by atoms with E-state index in [2.05, 4.69) is 49.2 Å². The lowest BCUT2D eigenvalue weighted by Gasteiger charge is -2.29. The first kappa shape index (κ1) is 47.6. The van der Waals surface area contributed by atoms with Gasteiger partial charge in [0.2, 0.25) is 41.4 Å². The number of nitrogens with zero attached hydrogens (tertiary/aromatic N) is 2. The maximum atomic E-state index is 14.1. The van der Waals surface area contributed by atoms with Gasteiger partial charge in [-0.2, -0.15) is 12.6 Å². The molecule has 0 bridgehead atoms. The molecule has 0 spiro atoms. The third-order valence-corrected chi connectivity index (χ3v) is 8.77. The number of primary amides is 2. The smallest absolute Gasteiger partial charge is 0.251 e. The van der Waals surface area contributed by atoms with E-state index in [9.17, 15) is 43.5 Å². The second-order valence-electron chi connectivity index (χ2n) is 14.0. The van der Waals surface area contributed by atoms with Crippen molar-refractivity contribution >= 4 is 65.6 Å². The highest BCUT2D eigenvalue weighted by atomic mass is 32.1. The Labute approximate surface area is 336 Å². The number of aliphatic hydroxyl groups is 1. The Morgan fingerprint density at radius 3 is 2.04 bits per heavy atom. The fourth-order valence-electron chi connectivity index (χ4n) is 5.35. The quantitative estimate of drug-likeness (QED) is 0.0487. The van der Waals surface area contributed by atoms with Crippen molar-refractivity contribution in [2.24, 2.45) is 29.0 Å². The van der Waals surface area contributed by atoms with E-state index in [1.54, 1.807) is 13.8 Å². The van der Waals surface area contributed by atoms with E-state index in [0.29, 0.717) is 17.8 Å². The number of nitrogens with one attached hydrogen (secondary N) is 6. The van der Waals surface area contributed by atoms with Crippen LogP contribution in [0.25, 0.3) is 0 Å². The van der Waals surface area contributed by atoms with Crippen molar-refractivity contribution in [2.75, 3.05) is 30.3 Å². The lowest BCUT2D eigenvalue weighted by molar-refractivity contribution is -0.133. The number of benzene rings is 1. The number of rotatable bonds is 24. The molecule has 1 heterocycles. The van der Waals surface area contributed by atoms with Gasteiger partial charge in [0.15, 0.2) is 0 Å². The molecule has 0 fully saturated rings. The van der Waals surface area contributed by atoms with Crippen LogP contribution < -0.4 is 48.7 Å². The fraction of sp³-hybridized carbons (Fsp3) is 0.528. The molecule has 5 atom stereocenters. The lowest BCUT2D eigenvalue weighted by atomic mass is 10.0. The minimum Gasteiger partial charge on any atom is -0.394 e. The molecule has 314 valence electrons. The highest BCUT2D eigenvalue weighted by Crippen LogP contribution is 2.19. The van der Waals surface area contributed by atoms with E-state index in [-0.39, 0.29) is 49.0 Å². The molecule has 0 unspecified atom stereocenters. The number of carbonyl (C=O) groups is 8. The first-order valence-corrected chi connectivity index (χ1v) is 18.9. The van der Waals surface area contributed by atoms with Crippen LogP contribution in [0.4, 0.5) is 5.69 Å². The topological polar surface area (TPSA) is 327 Å². The van der Waals surface area contributed by atoms with Crippen molar-refractivity contribution in [3.8, 4) is 0 Å². The number of aromatic nitrogens is 2. The van der Waals surface area contributed by atoms with Gasteiger partial charge < -0.3 is 58.8 Å². The molecule has 0 aliphatic rings. The van der Waals surface area contributed by atoms with Crippen LogP contribution in [0.15, 0.2) is 36.8 Å². The third kappa shape index (κ3) is 15.9.